The second-order valence-corrected chi connectivity index (χ2v) is 10.1. The molecule has 0 aromatic heterocycles. The number of rotatable bonds is 11. The Morgan fingerprint density at radius 3 is 2.49 bits per heavy atom. The maximum Gasteiger partial charge on any atom is 0.255 e. The van der Waals surface area contributed by atoms with Gasteiger partial charge in [0.05, 0.1) is 23.4 Å². The second-order valence-electron chi connectivity index (χ2n) is 9.66. The largest absolute Gasteiger partial charge is 0.496 e. The second kappa shape index (κ2) is 13.9. The first kappa shape index (κ1) is 27.6. The molecule has 9 heteroatoms. The van der Waals surface area contributed by atoms with Gasteiger partial charge in [-0.2, -0.15) is 0 Å². The summed E-state index contributed by atoms with van der Waals surface area (Å²) in [5.74, 6) is 1.13. The molecule has 3 rings (SSSR count). The van der Waals surface area contributed by atoms with E-state index in [4.69, 9.17) is 26.8 Å². The van der Waals surface area contributed by atoms with Crippen LogP contribution in [-0.2, 0) is 9.53 Å². The first-order valence-corrected chi connectivity index (χ1v) is 13.3. The first-order valence-electron chi connectivity index (χ1n) is 12.9. The van der Waals surface area contributed by atoms with Crippen LogP contribution in [0.1, 0.15) is 62.2 Å². The van der Waals surface area contributed by atoms with Crippen LogP contribution in [0.3, 0.4) is 0 Å². The standard InChI is InChI=1S/C26H41ClN4O4/c1-3-14-35-15-4-5-25(32)31-12-6-19(7-13-31)18-30-10-8-20(9-11-30)29-26(33)21-16-22(27)23(28)17-24(21)34-2/h16-17,19-20H,3-15,18,28H2,1-2H3,(H,29,33). The third-order valence-electron chi connectivity index (χ3n) is 7.00. The van der Waals surface area contributed by atoms with Gasteiger partial charge in [-0.3, -0.25) is 9.59 Å². The van der Waals surface area contributed by atoms with Gasteiger partial charge >= 0.3 is 0 Å². The molecular formula is C26H41ClN4O4. The molecule has 1 aromatic rings. The normalized spacial score (nSPS) is 18.0. The molecule has 35 heavy (non-hydrogen) atoms. The zero-order chi connectivity index (χ0) is 25.2. The van der Waals surface area contributed by atoms with Crippen molar-refractivity contribution in [2.24, 2.45) is 5.92 Å². The highest BCUT2D eigenvalue weighted by molar-refractivity contribution is 6.33. The van der Waals surface area contributed by atoms with Gasteiger partial charge in [0.15, 0.2) is 0 Å². The fourth-order valence-electron chi connectivity index (χ4n) is 4.90. The fourth-order valence-corrected chi connectivity index (χ4v) is 5.06. The molecule has 0 saturated carbocycles. The summed E-state index contributed by atoms with van der Waals surface area (Å²) < 4.78 is 10.8. The predicted molar refractivity (Wildman–Crippen MR) is 139 cm³/mol. The number of nitrogens with two attached hydrogens (primary N) is 1. The summed E-state index contributed by atoms with van der Waals surface area (Å²) in [7, 11) is 1.52. The highest BCUT2D eigenvalue weighted by atomic mass is 35.5. The molecule has 2 saturated heterocycles. The lowest BCUT2D eigenvalue weighted by atomic mass is 9.94. The van der Waals surface area contributed by atoms with E-state index in [1.54, 1.807) is 12.1 Å². The topological polar surface area (TPSA) is 97.1 Å². The molecular weight excluding hydrogens is 468 g/mol. The highest BCUT2D eigenvalue weighted by Crippen LogP contribution is 2.29. The number of halogens is 1. The van der Waals surface area contributed by atoms with Crippen molar-refractivity contribution >= 4 is 29.1 Å². The molecule has 0 radical (unpaired) electrons. The number of hydrogen-bond donors (Lipinski definition) is 2. The molecule has 2 heterocycles. The molecule has 3 N–H and O–H groups in total. The maximum atomic E-state index is 12.8. The molecule has 2 amide bonds. The third-order valence-corrected chi connectivity index (χ3v) is 7.32. The number of nitrogens with one attached hydrogen (secondary N) is 1. The maximum absolute atomic E-state index is 12.8. The van der Waals surface area contributed by atoms with Crippen molar-refractivity contribution in [3.8, 4) is 5.75 Å². The number of nitrogens with zero attached hydrogens (tertiary/aromatic N) is 2. The molecule has 1 aromatic carbocycles. The lowest BCUT2D eigenvalue weighted by Crippen LogP contribution is -2.47. The van der Waals surface area contributed by atoms with Gasteiger partial charge in [-0.15, -0.1) is 0 Å². The van der Waals surface area contributed by atoms with Crippen LogP contribution in [-0.4, -0.2) is 80.7 Å². The van der Waals surface area contributed by atoms with Crippen molar-refractivity contribution in [1.82, 2.24) is 15.1 Å². The van der Waals surface area contributed by atoms with Gasteiger partial charge in [-0.25, -0.2) is 0 Å². The van der Waals surface area contributed by atoms with E-state index in [1.165, 1.54) is 7.11 Å². The number of likely N-dealkylation sites (tertiary alicyclic amines) is 2. The number of anilines is 1. The Balaban J connectivity index is 1.35. The zero-order valence-electron chi connectivity index (χ0n) is 21.2. The number of methoxy groups -OCH3 is 1. The molecule has 0 unspecified atom stereocenters. The van der Waals surface area contributed by atoms with Crippen molar-refractivity contribution in [3.05, 3.63) is 22.7 Å². The molecule has 8 nitrogen and oxygen atoms in total. The molecule has 2 fully saturated rings. The van der Waals surface area contributed by atoms with Crippen molar-refractivity contribution in [2.45, 2.75) is 57.9 Å². The van der Waals surface area contributed by atoms with Crippen LogP contribution in [0.25, 0.3) is 0 Å². The van der Waals surface area contributed by atoms with Gasteiger partial charge in [-0.1, -0.05) is 18.5 Å². The van der Waals surface area contributed by atoms with Gasteiger partial charge in [0, 0.05) is 64.5 Å². The average Bonchev–Trinajstić information content (AvgIpc) is 2.86. The van der Waals surface area contributed by atoms with Crippen LogP contribution < -0.4 is 15.8 Å². The minimum atomic E-state index is -0.184. The van der Waals surface area contributed by atoms with Gasteiger partial charge in [-0.05, 0) is 50.5 Å². The molecule has 196 valence electrons. The number of ether oxygens (including phenoxy) is 2. The average molecular weight is 509 g/mol. The Kier molecular flexibility index (Phi) is 10.9. The lowest BCUT2D eigenvalue weighted by molar-refractivity contribution is -0.133. The van der Waals surface area contributed by atoms with Gasteiger partial charge < -0.3 is 30.3 Å². The molecule has 0 bridgehead atoms. The number of carbonyl (C=O) groups excluding carboxylic acids is 2. The van der Waals surface area contributed by atoms with Gasteiger partial charge in [0.2, 0.25) is 5.91 Å². The smallest absolute Gasteiger partial charge is 0.255 e. The Labute approximate surface area is 214 Å². The summed E-state index contributed by atoms with van der Waals surface area (Å²) in [5.41, 5.74) is 6.62. The number of nitrogen functional groups attached to an aromatic ring is 1. The summed E-state index contributed by atoms with van der Waals surface area (Å²) in [6.45, 7) is 8.24. The van der Waals surface area contributed by atoms with Crippen molar-refractivity contribution in [2.75, 3.05) is 58.8 Å². The minimum absolute atomic E-state index is 0.126. The molecule has 2 aliphatic rings. The Bertz CT molecular complexity index is 837. The first-order chi connectivity index (χ1) is 16.9. The van der Waals surface area contributed by atoms with E-state index in [0.29, 0.717) is 41.0 Å². The lowest BCUT2D eigenvalue weighted by Gasteiger charge is -2.38. The van der Waals surface area contributed by atoms with E-state index in [9.17, 15) is 9.59 Å². The molecule has 0 atom stereocenters. The summed E-state index contributed by atoms with van der Waals surface area (Å²) >= 11 is 6.11. The number of amides is 2. The van der Waals surface area contributed by atoms with Crippen molar-refractivity contribution in [3.63, 3.8) is 0 Å². The molecule has 0 spiro atoms. The zero-order valence-corrected chi connectivity index (χ0v) is 21.9. The van der Waals surface area contributed by atoms with Crippen LogP contribution in [0.4, 0.5) is 5.69 Å². The Morgan fingerprint density at radius 1 is 1.11 bits per heavy atom. The van der Waals surface area contributed by atoms with E-state index in [0.717, 1.165) is 77.9 Å². The number of carbonyl (C=O) groups is 2. The monoisotopic (exact) mass is 508 g/mol. The van der Waals surface area contributed by atoms with Crippen LogP contribution in [0, 0.1) is 5.92 Å². The van der Waals surface area contributed by atoms with Gasteiger partial charge in [0.25, 0.3) is 5.91 Å². The number of hydrogen-bond acceptors (Lipinski definition) is 6. The minimum Gasteiger partial charge on any atom is -0.496 e. The van der Waals surface area contributed by atoms with Crippen LogP contribution in [0.5, 0.6) is 5.75 Å². The van der Waals surface area contributed by atoms with Crippen molar-refractivity contribution in [1.29, 1.82) is 0 Å². The predicted octanol–water partition coefficient (Wildman–Crippen LogP) is 3.57. The fraction of sp³-hybridized carbons (Fsp3) is 0.692. The summed E-state index contributed by atoms with van der Waals surface area (Å²) in [5, 5.41) is 3.48. The summed E-state index contributed by atoms with van der Waals surface area (Å²) in [4.78, 5) is 29.8. The number of benzene rings is 1. The third kappa shape index (κ3) is 8.26. The summed E-state index contributed by atoms with van der Waals surface area (Å²) in [6, 6.07) is 3.28. The van der Waals surface area contributed by atoms with E-state index in [1.807, 2.05) is 4.90 Å². The van der Waals surface area contributed by atoms with E-state index in [2.05, 4.69) is 17.1 Å². The Morgan fingerprint density at radius 2 is 1.83 bits per heavy atom. The number of piperidine rings is 2. The highest BCUT2D eigenvalue weighted by Gasteiger charge is 2.27. The van der Waals surface area contributed by atoms with Crippen LogP contribution in [0.2, 0.25) is 5.02 Å². The Hall–Kier alpha value is -2.03. The molecule has 2 aliphatic heterocycles. The van der Waals surface area contributed by atoms with Crippen LogP contribution in [0.15, 0.2) is 12.1 Å². The van der Waals surface area contributed by atoms with E-state index < -0.39 is 0 Å². The quantitative estimate of drug-likeness (QED) is 0.350. The summed E-state index contributed by atoms with van der Waals surface area (Å²) in [6.07, 6.45) is 6.35. The van der Waals surface area contributed by atoms with Gasteiger partial charge in [0.1, 0.15) is 5.75 Å². The molecule has 0 aliphatic carbocycles. The van der Waals surface area contributed by atoms with E-state index >= 15 is 0 Å². The van der Waals surface area contributed by atoms with Crippen molar-refractivity contribution < 1.29 is 19.1 Å². The van der Waals surface area contributed by atoms with E-state index in [-0.39, 0.29) is 17.9 Å². The van der Waals surface area contributed by atoms with Crippen LogP contribution >= 0.6 is 11.6 Å². The SMILES string of the molecule is CCCOCCCC(=O)N1CCC(CN2CCC(NC(=O)c3cc(Cl)c(N)cc3OC)CC2)CC1.